The van der Waals surface area contributed by atoms with Gasteiger partial charge in [0.2, 0.25) is 5.91 Å². The highest BCUT2D eigenvalue weighted by Crippen LogP contribution is 2.37. The fourth-order valence-electron chi connectivity index (χ4n) is 5.65. The van der Waals surface area contributed by atoms with E-state index in [1.807, 2.05) is 32.6 Å². The Morgan fingerprint density at radius 2 is 1.93 bits per heavy atom. The zero-order valence-electron chi connectivity index (χ0n) is 26.2. The fourth-order valence-corrected chi connectivity index (χ4v) is 5.65. The van der Waals surface area contributed by atoms with Crippen molar-refractivity contribution in [1.29, 1.82) is 0 Å². The van der Waals surface area contributed by atoms with Crippen LogP contribution in [-0.4, -0.2) is 86.1 Å². The molecule has 2 aromatic heterocycles. The van der Waals surface area contributed by atoms with Crippen molar-refractivity contribution in [3.63, 3.8) is 0 Å². The van der Waals surface area contributed by atoms with Crippen molar-refractivity contribution in [2.45, 2.75) is 52.0 Å². The minimum atomic E-state index is -1.55. The number of nitrogens with one attached hydrogen (secondary N) is 1. The van der Waals surface area contributed by atoms with Crippen molar-refractivity contribution in [2.24, 2.45) is 5.92 Å². The first kappa shape index (κ1) is 32.8. The summed E-state index contributed by atoms with van der Waals surface area (Å²) >= 11 is 0. The Kier molecular flexibility index (Phi) is 9.54. The maximum absolute atomic E-state index is 16.1. The van der Waals surface area contributed by atoms with Crippen LogP contribution in [0.15, 0.2) is 59.6 Å². The van der Waals surface area contributed by atoms with Crippen LogP contribution in [0.25, 0.3) is 28.5 Å². The molecule has 13 heteroatoms. The smallest absolute Gasteiger partial charge is 0.355 e. The predicted molar refractivity (Wildman–Crippen MR) is 171 cm³/mol. The normalized spacial score (nSPS) is 23.0. The summed E-state index contributed by atoms with van der Waals surface area (Å²) in [6, 6.07) is 4.42. The number of benzene rings is 1. The van der Waals surface area contributed by atoms with E-state index in [-0.39, 0.29) is 58.3 Å². The van der Waals surface area contributed by atoms with E-state index in [0.717, 1.165) is 16.7 Å². The van der Waals surface area contributed by atoms with E-state index in [2.05, 4.69) is 21.9 Å². The Balaban J connectivity index is 1.77. The molecule has 0 radical (unpaired) electrons. The summed E-state index contributed by atoms with van der Waals surface area (Å²) in [6.45, 7) is 12.0. The van der Waals surface area contributed by atoms with Crippen molar-refractivity contribution < 1.29 is 28.5 Å². The van der Waals surface area contributed by atoms with Crippen molar-refractivity contribution in [3.05, 3.63) is 76.9 Å². The van der Waals surface area contributed by atoms with Crippen LogP contribution in [0.3, 0.4) is 0 Å². The quantitative estimate of drug-likeness (QED) is 0.349. The number of hydrogen-bond acceptors (Lipinski definition) is 9. The number of aliphatic hydroxyl groups excluding tert-OH is 2. The van der Waals surface area contributed by atoms with Crippen LogP contribution in [0.5, 0.6) is 5.75 Å². The number of pyridine rings is 1. The molecule has 4 atom stereocenters. The first-order valence-electron chi connectivity index (χ1n) is 15.1. The van der Waals surface area contributed by atoms with Crippen molar-refractivity contribution in [3.8, 4) is 17.0 Å². The van der Waals surface area contributed by atoms with E-state index >= 15 is 8.78 Å². The summed E-state index contributed by atoms with van der Waals surface area (Å²) in [5.41, 5.74) is -1.47. The molecular weight excluding hydrogens is 598 g/mol. The number of anilines is 1. The van der Waals surface area contributed by atoms with Gasteiger partial charge in [-0.3, -0.25) is 9.36 Å². The summed E-state index contributed by atoms with van der Waals surface area (Å²) in [4.78, 5) is 38.6. The van der Waals surface area contributed by atoms with Gasteiger partial charge in [-0.1, -0.05) is 26.5 Å². The number of fused-ring (bicyclic) bond motifs is 3. The number of ether oxygens (including phenoxy) is 1. The Morgan fingerprint density at radius 3 is 2.65 bits per heavy atom. The largest absolute Gasteiger partial charge is 0.490 e. The van der Waals surface area contributed by atoms with Crippen LogP contribution in [0.1, 0.15) is 27.7 Å². The van der Waals surface area contributed by atoms with Gasteiger partial charge in [-0.2, -0.15) is 4.98 Å². The number of piperazine rings is 1. The molecule has 11 nitrogen and oxygen atoms in total. The molecular formula is C33H38F2N6O5. The molecule has 1 saturated heterocycles. The van der Waals surface area contributed by atoms with E-state index in [0.29, 0.717) is 19.0 Å². The average molecular weight is 637 g/mol. The average Bonchev–Trinajstić information content (AvgIpc) is 3.01. The zero-order valence-corrected chi connectivity index (χ0v) is 26.2. The van der Waals surface area contributed by atoms with E-state index in [1.54, 1.807) is 11.1 Å². The number of halogens is 2. The monoisotopic (exact) mass is 636 g/mol. The van der Waals surface area contributed by atoms with Crippen LogP contribution < -0.4 is 20.6 Å². The van der Waals surface area contributed by atoms with Crippen LogP contribution in [0, 0.1) is 17.6 Å². The number of carbonyl (C=O) groups is 1. The lowest BCUT2D eigenvalue weighted by atomic mass is 10.0. The second-order valence-corrected chi connectivity index (χ2v) is 12.0. The highest BCUT2D eigenvalue weighted by molar-refractivity contribution is 5.91. The number of nitrogens with zero attached hydrogens (tertiary/aromatic N) is 5. The molecule has 46 heavy (non-hydrogen) atoms. The zero-order chi connectivity index (χ0) is 33.3. The molecule has 244 valence electrons. The van der Waals surface area contributed by atoms with Crippen molar-refractivity contribution >= 4 is 29.0 Å². The van der Waals surface area contributed by atoms with Crippen molar-refractivity contribution in [1.82, 2.24) is 24.8 Å². The van der Waals surface area contributed by atoms with Crippen LogP contribution >= 0.6 is 0 Å². The fraction of sp³-hybridized carbons (Fsp3) is 0.394. The van der Waals surface area contributed by atoms with Gasteiger partial charge in [0, 0.05) is 43.5 Å². The topological polar surface area (TPSA) is 133 Å². The minimum absolute atomic E-state index is 0.0617. The molecule has 2 aliphatic heterocycles. The van der Waals surface area contributed by atoms with Gasteiger partial charge >= 0.3 is 5.69 Å². The molecule has 3 N–H and O–H groups in total. The van der Waals surface area contributed by atoms with Crippen LogP contribution in [-0.2, 0) is 4.79 Å². The van der Waals surface area contributed by atoms with Crippen LogP contribution in [0.4, 0.5) is 14.6 Å². The van der Waals surface area contributed by atoms with Crippen LogP contribution in [0.2, 0.25) is 0 Å². The lowest BCUT2D eigenvalue weighted by Gasteiger charge is -2.44. The molecule has 1 fully saturated rings. The Morgan fingerprint density at radius 1 is 1.17 bits per heavy atom. The molecule has 0 aliphatic carbocycles. The van der Waals surface area contributed by atoms with Gasteiger partial charge in [-0.25, -0.2) is 18.6 Å². The van der Waals surface area contributed by atoms with Gasteiger partial charge in [0.1, 0.15) is 41.9 Å². The number of hydrogen-bond donors (Lipinski definition) is 3. The standard InChI is InChI=1S/C33H38F2N6O5/c1-6-27(43)39-14-20(5)40(15-19(39)4)32-22-12-24(35)29-28-23(34)8-7-9-26(28)46-17-25(42)30(44)21(10-11-36-13-18(2)3)16-41(31(22)37-29)33(45)38-32/h6-12,16,18-20,25,30,36,42,44H,1,13-15,17H2,2-5H3/b11-10-,21-16-/t19-,20+,25?,30?/m1/s1. The third-order valence-electron chi connectivity index (χ3n) is 8.07. The Labute approximate surface area is 265 Å². The highest BCUT2D eigenvalue weighted by atomic mass is 19.1. The Hall–Kier alpha value is -4.62. The summed E-state index contributed by atoms with van der Waals surface area (Å²) < 4.78 is 38.1. The van der Waals surface area contributed by atoms with E-state index < -0.39 is 41.8 Å². The van der Waals surface area contributed by atoms with E-state index in [4.69, 9.17) is 4.74 Å². The van der Waals surface area contributed by atoms with Crippen molar-refractivity contribution in [2.75, 3.05) is 31.1 Å². The number of amides is 1. The summed E-state index contributed by atoms with van der Waals surface area (Å²) in [7, 11) is 0. The van der Waals surface area contributed by atoms with Gasteiger partial charge < -0.3 is 30.1 Å². The minimum Gasteiger partial charge on any atom is -0.490 e. The van der Waals surface area contributed by atoms with Gasteiger partial charge in [-0.05, 0) is 56.3 Å². The molecule has 2 aliphatic rings. The van der Waals surface area contributed by atoms with Gasteiger partial charge in [0.15, 0.2) is 11.5 Å². The Bertz CT molecular complexity index is 1770. The molecule has 2 bridgehead atoms. The number of carbonyl (C=O) groups excluding carboxylic acids is 1. The summed E-state index contributed by atoms with van der Waals surface area (Å²) in [5.74, 6) is -1.60. The van der Waals surface area contributed by atoms with Gasteiger partial charge in [-0.15, -0.1) is 0 Å². The first-order chi connectivity index (χ1) is 21.9. The first-order valence-corrected chi connectivity index (χ1v) is 15.1. The number of aromatic nitrogens is 3. The van der Waals surface area contributed by atoms with E-state index in [1.165, 1.54) is 30.5 Å². The maximum Gasteiger partial charge on any atom is 0.355 e. The second kappa shape index (κ2) is 13.4. The molecule has 1 aromatic carbocycles. The third kappa shape index (κ3) is 6.38. The molecule has 4 heterocycles. The van der Waals surface area contributed by atoms with Gasteiger partial charge in [0.05, 0.1) is 10.9 Å². The number of rotatable bonds is 6. The highest BCUT2D eigenvalue weighted by Gasteiger charge is 2.34. The van der Waals surface area contributed by atoms with Gasteiger partial charge in [0.25, 0.3) is 0 Å². The summed E-state index contributed by atoms with van der Waals surface area (Å²) in [5, 5.41) is 25.3. The maximum atomic E-state index is 16.1. The van der Waals surface area contributed by atoms with E-state index in [9.17, 15) is 19.8 Å². The molecule has 0 saturated carbocycles. The summed E-state index contributed by atoms with van der Waals surface area (Å²) in [6.07, 6.45) is 2.54. The molecule has 2 unspecified atom stereocenters. The lowest BCUT2D eigenvalue weighted by Crippen LogP contribution is -2.58. The molecule has 1 amide bonds. The molecule has 0 spiro atoms. The second-order valence-electron chi connectivity index (χ2n) is 12.0. The SMILES string of the molecule is C=CC(=O)N1C[C@H](C)N(c2nc(=O)n3c4nc(c(F)cc24)-c2c(F)cccc2OCC(O)C(O)C(/C=C\NCC(C)C)=C\3)C[C@H]1C. The molecule has 3 aromatic rings. The predicted octanol–water partition coefficient (Wildman–Crippen LogP) is 3.06. The number of aliphatic hydroxyl groups is 2. The molecule has 5 rings (SSSR count). The lowest BCUT2D eigenvalue weighted by molar-refractivity contribution is -0.128. The third-order valence-corrected chi connectivity index (χ3v) is 8.07.